The fourth-order valence-corrected chi connectivity index (χ4v) is 4.10. The van der Waals surface area contributed by atoms with Crippen molar-refractivity contribution in [3.8, 4) is 16.9 Å². The highest BCUT2D eigenvalue weighted by molar-refractivity contribution is 6.45. The zero-order valence-electron chi connectivity index (χ0n) is 15.5. The van der Waals surface area contributed by atoms with Crippen LogP contribution in [0.25, 0.3) is 22.0 Å². The normalized spacial score (nSPS) is 16.5. The van der Waals surface area contributed by atoms with Crippen molar-refractivity contribution in [2.24, 2.45) is 0 Å². The van der Waals surface area contributed by atoms with Gasteiger partial charge < -0.3 is 9.64 Å². The van der Waals surface area contributed by atoms with E-state index in [1.165, 1.54) is 0 Å². The molecule has 1 saturated heterocycles. The Morgan fingerprint density at radius 1 is 1.10 bits per heavy atom. The van der Waals surface area contributed by atoms with Gasteiger partial charge in [-0.25, -0.2) is 4.98 Å². The molecule has 0 amide bonds. The molecular formula is C22H18Cl2N4O. The van der Waals surface area contributed by atoms with Crippen LogP contribution >= 0.6 is 23.2 Å². The number of aromatic amines is 1. The SMILES string of the molecule is Clc1ccc2c(-c3cn[nH]c3)cc(N3CC[C@H](Oc4ccccc4)C3)nc2c1Cl. The highest BCUT2D eigenvalue weighted by Crippen LogP contribution is 2.37. The second kappa shape index (κ2) is 7.58. The molecule has 1 atom stereocenters. The van der Waals surface area contributed by atoms with Crippen LogP contribution in [0, 0.1) is 0 Å². The molecule has 2 aromatic carbocycles. The number of nitrogens with zero attached hydrogens (tertiary/aromatic N) is 3. The molecule has 0 saturated carbocycles. The number of ether oxygens (including phenoxy) is 1. The lowest BCUT2D eigenvalue weighted by atomic mass is 10.0. The van der Waals surface area contributed by atoms with Crippen molar-refractivity contribution in [3.63, 3.8) is 0 Å². The Labute approximate surface area is 178 Å². The number of nitrogens with one attached hydrogen (secondary N) is 1. The monoisotopic (exact) mass is 424 g/mol. The Kier molecular flexibility index (Phi) is 4.78. The fraction of sp³-hybridized carbons (Fsp3) is 0.182. The van der Waals surface area contributed by atoms with Crippen LogP contribution in [-0.4, -0.2) is 34.4 Å². The number of hydrogen-bond acceptors (Lipinski definition) is 4. The second-order valence-corrected chi connectivity index (χ2v) is 7.85. The second-order valence-electron chi connectivity index (χ2n) is 7.06. The molecule has 2 aromatic heterocycles. The van der Waals surface area contributed by atoms with E-state index >= 15 is 0 Å². The lowest BCUT2D eigenvalue weighted by molar-refractivity contribution is 0.225. The highest BCUT2D eigenvalue weighted by Gasteiger charge is 2.26. The average Bonchev–Trinajstić information content (AvgIpc) is 3.43. The molecule has 0 bridgehead atoms. The number of pyridine rings is 1. The summed E-state index contributed by atoms with van der Waals surface area (Å²) in [6.07, 6.45) is 4.71. The standard InChI is InChI=1S/C22H18Cl2N4O/c23-19-7-6-17-18(14-11-25-26-12-14)10-20(27-22(17)21(19)24)28-9-8-16(13-28)29-15-4-2-1-3-5-15/h1-7,10-12,16H,8-9,13H2,(H,25,26)/t16-/m0/s1. The van der Waals surface area contributed by atoms with Gasteiger partial charge in [0.15, 0.2) is 0 Å². The topological polar surface area (TPSA) is 54.0 Å². The van der Waals surface area contributed by atoms with E-state index in [0.717, 1.165) is 47.6 Å². The Hall–Kier alpha value is -2.76. The van der Waals surface area contributed by atoms with Crippen molar-refractivity contribution in [1.29, 1.82) is 0 Å². The third-order valence-corrected chi connectivity index (χ3v) is 5.98. The molecule has 1 aliphatic heterocycles. The van der Waals surface area contributed by atoms with Gasteiger partial charge in [-0.05, 0) is 29.8 Å². The van der Waals surface area contributed by atoms with E-state index in [1.807, 2.05) is 42.6 Å². The Morgan fingerprint density at radius 2 is 1.97 bits per heavy atom. The highest BCUT2D eigenvalue weighted by atomic mass is 35.5. The minimum absolute atomic E-state index is 0.113. The van der Waals surface area contributed by atoms with E-state index in [2.05, 4.69) is 21.2 Å². The van der Waals surface area contributed by atoms with Crippen LogP contribution in [0.5, 0.6) is 5.75 Å². The number of benzene rings is 2. The number of rotatable bonds is 4. The summed E-state index contributed by atoms with van der Waals surface area (Å²) in [6.45, 7) is 1.62. The van der Waals surface area contributed by atoms with Crippen LogP contribution < -0.4 is 9.64 Å². The van der Waals surface area contributed by atoms with Gasteiger partial charge in [0.05, 0.1) is 28.3 Å². The zero-order valence-corrected chi connectivity index (χ0v) is 17.0. The Balaban J connectivity index is 1.51. The molecule has 1 N–H and O–H groups in total. The van der Waals surface area contributed by atoms with Gasteiger partial charge in [0.1, 0.15) is 17.7 Å². The molecule has 146 valence electrons. The van der Waals surface area contributed by atoms with Gasteiger partial charge in [-0.15, -0.1) is 0 Å². The summed E-state index contributed by atoms with van der Waals surface area (Å²) in [4.78, 5) is 7.08. The number of anilines is 1. The smallest absolute Gasteiger partial charge is 0.130 e. The van der Waals surface area contributed by atoms with Crippen molar-refractivity contribution in [1.82, 2.24) is 15.2 Å². The van der Waals surface area contributed by atoms with Gasteiger partial charge in [0.2, 0.25) is 0 Å². The summed E-state index contributed by atoms with van der Waals surface area (Å²) in [5.41, 5.74) is 2.69. The molecule has 4 aromatic rings. The maximum atomic E-state index is 6.51. The summed E-state index contributed by atoms with van der Waals surface area (Å²) < 4.78 is 6.13. The van der Waals surface area contributed by atoms with Crippen molar-refractivity contribution in [2.45, 2.75) is 12.5 Å². The molecule has 5 nitrogen and oxygen atoms in total. The average molecular weight is 425 g/mol. The minimum Gasteiger partial charge on any atom is -0.489 e. The molecule has 0 aliphatic carbocycles. The zero-order chi connectivity index (χ0) is 19.8. The number of hydrogen-bond donors (Lipinski definition) is 1. The Morgan fingerprint density at radius 3 is 2.76 bits per heavy atom. The molecule has 3 heterocycles. The van der Waals surface area contributed by atoms with Gasteiger partial charge in [-0.2, -0.15) is 5.10 Å². The first kappa shape index (κ1) is 18.3. The minimum atomic E-state index is 0.113. The molecule has 5 rings (SSSR count). The van der Waals surface area contributed by atoms with Crippen molar-refractivity contribution in [2.75, 3.05) is 18.0 Å². The summed E-state index contributed by atoms with van der Waals surface area (Å²) in [5, 5.41) is 8.88. The largest absolute Gasteiger partial charge is 0.489 e. The van der Waals surface area contributed by atoms with E-state index < -0.39 is 0 Å². The molecule has 7 heteroatoms. The van der Waals surface area contributed by atoms with Gasteiger partial charge in [0, 0.05) is 30.1 Å². The number of para-hydroxylation sites is 1. The van der Waals surface area contributed by atoms with Crippen molar-refractivity contribution in [3.05, 3.63) is 71.0 Å². The summed E-state index contributed by atoms with van der Waals surface area (Å²) in [5.74, 6) is 1.75. The number of halogens is 2. The number of H-pyrrole nitrogens is 1. The number of fused-ring (bicyclic) bond motifs is 1. The molecule has 1 fully saturated rings. The fourth-order valence-electron chi connectivity index (χ4n) is 3.74. The molecular weight excluding hydrogens is 407 g/mol. The maximum Gasteiger partial charge on any atom is 0.130 e. The quantitative estimate of drug-likeness (QED) is 0.463. The van der Waals surface area contributed by atoms with Crippen LogP contribution in [0.15, 0.2) is 60.9 Å². The first-order chi connectivity index (χ1) is 14.2. The Bertz CT molecular complexity index is 1150. The first-order valence-corrected chi connectivity index (χ1v) is 10.2. The predicted molar refractivity (Wildman–Crippen MR) is 117 cm³/mol. The molecule has 0 spiro atoms. The van der Waals surface area contributed by atoms with Gasteiger partial charge in [-0.3, -0.25) is 5.10 Å². The van der Waals surface area contributed by atoms with Gasteiger partial charge in [-0.1, -0.05) is 47.5 Å². The van der Waals surface area contributed by atoms with Crippen LogP contribution in [-0.2, 0) is 0 Å². The van der Waals surface area contributed by atoms with Crippen molar-refractivity contribution < 1.29 is 4.74 Å². The molecule has 0 unspecified atom stereocenters. The third-order valence-electron chi connectivity index (χ3n) is 5.18. The van der Waals surface area contributed by atoms with E-state index in [1.54, 1.807) is 12.3 Å². The van der Waals surface area contributed by atoms with Crippen LogP contribution in [0.3, 0.4) is 0 Å². The first-order valence-electron chi connectivity index (χ1n) is 9.43. The van der Waals surface area contributed by atoms with E-state index in [4.69, 9.17) is 32.9 Å². The van der Waals surface area contributed by atoms with Crippen LogP contribution in [0.2, 0.25) is 10.0 Å². The van der Waals surface area contributed by atoms with Gasteiger partial charge in [0.25, 0.3) is 0 Å². The maximum absolute atomic E-state index is 6.51. The lowest BCUT2D eigenvalue weighted by Crippen LogP contribution is -2.25. The third kappa shape index (κ3) is 3.52. The predicted octanol–water partition coefficient (Wildman–Crippen LogP) is 5.59. The van der Waals surface area contributed by atoms with E-state index in [-0.39, 0.29) is 6.10 Å². The number of aromatic nitrogens is 3. The van der Waals surface area contributed by atoms with Crippen LogP contribution in [0.4, 0.5) is 5.82 Å². The summed E-state index contributed by atoms with van der Waals surface area (Å²) >= 11 is 12.8. The summed E-state index contributed by atoms with van der Waals surface area (Å²) in [7, 11) is 0. The summed E-state index contributed by atoms with van der Waals surface area (Å²) in [6, 6.07) is 15.8. The molecule has 0 radical (unpaired) electrons. The lowest BCUT2D eigenvalue weighted by Gasteiger charge is -2.20. The van der Waals surface area contributed by atoms with Crippen LogP contribution in [0.1, 0.15) is 6.42 Å². The van der Waals surface area contributed by atoms with E-state index in [0.29, 0.717) is 15.6 Å². The van der Waals surface area contributed by atoms with Crippen molar-refractivity contribution >= 4 is 39.9 Å². The van der Waals surface area contributed by atoms with Gasteiger partial charge >= 0.3 is 0 Å². The molecule has 1 aliphatic rings. The van der Waals surface area contributed by atoms with E-state index in [9.17, 15) is 0 Å². The molecule has 29 heavy (non-hydrogen) atoms.